The van der Waals surface area contributed by atoms with Gasteiger partial charge in [-0.2, -0.15) is 0 Å². The molecule has 1 amide bonds. The van der Waals surface area contributed by atoms with Crippen molar-refractivity contribution < 1.29 is 9.53 Å². The lowest BCUT2D eigenvalue weighted by Crippen LogP contribution is -2.47. The van der Waals surface area contributed by atoms with Gasteiger partial charge in [-0.15, -0.1) is 12.4 Å². The monoisotopic (exact) mass is 346 g/mol. The molecular formula is C19H23ClN2O2. The normalized spacial score (nSPS) is 16.8. The van der Waals surface area contributed by atoms with Gasteiger partial charge in [-0.3, -0.25) is 4.79 Å². The zero-order valence-corrected chi connectivity index (χ0v) is 14.4. The summed E-state index contributed by atoms with van der Waals surface area (Å²) in [5.74, 6) is 0.664. The van der Waals surface area contributed by atoms with Crippen molar-refractivity contribution in [2.24, 2.45) is 0 Å². The first-order chi connectivity index (χ1) is 11.3. The molecule has 1 saturated heterocycles. The first-order valence-electron chi connectivity index (χ1n) is 8.10. The van der Waals surface area contributed by atoms with Crippen molar-refractivity contribution in [3.8, 4) is 16.9 Å². The van der Waals surface area contributed by atoms with E-state index in [-0.39, 0.29) is 31.0 Å². The van der Waals surface area contributed by atoms with Gasteiger partial charge in [0.1, 0.15) is 5.75 Å². The smallest absolute Gasteiger partial charge is 0.258 e. The Bertz CT molecular complexity index is 643. The van der Waals surface area contributed by atoms with Gasteiger partial charge >= 0.3 is 0 Å². The van der Waals surface area contributed by atoms with Crippen LogP contribution in [-0.4, -0.2) is 31.6 Å². The quantitative estimate of drug-likeness (QED) is 0.875. The Labute approximate surface area is 149 Å². The Morgan fingerprint density at radius 3 is 2.62 bits per heavy atom. The Morgan fingerprint density at radius 1 is 1.12 bits per heavy atom. The van der Waals surface area contributed by atoms with Crippen molar-refractivity contribution in [1.82, 2.24) is 10.6 Å². The van der Waals surface area contributed by atoms with Crippen LogP contribution in [0.1, 0.15) is 12.8 Å². The highest BCUT2D eigenvalue weighted by atomic mass is 35.5. The van der Waals surface area contributed by atoms with Crippen LogP contribution in [0.15, 0.2) is 54.6 Å². The molecule has 2 aromatic rings. The number of nitrogens with one attached hydrogen (secondary N) is 2. The second kappa shape index (κ2) is 9.30. The number of benzene rings is 2. The van der Waals surface area contributed by atoms with Crippen molar-refractivity contribution in [2.75, 3.05) is 19.7 Å². The van der Waals surface area contributed by atoms with Crippen LogP contribution in [0, 0.1) is 0 Å². The van der Waals surface area contributed by atoms with Gasteiger partial charge in [0.25, 0.3) is 5.91 Å². The Hall–Kier alpha value is -2.04. The summed E-state index contributed by atoms with van der Waals surface area (Å²) in [4.78, 5) is 12.1. The average molecular weight is 347 g/mol. The number of rotatable bonds is 5. The molecule has 128 valence electrons. The first kappa shape index (κ1) is 18.3. The summed E-state index contributed by atoms with van der Waals surface area (Å²) in [5, 5.41) is 6.31. The first-order valence-corrected chi connectivity index (χ1v) is 8.10. The van der Waals surface area contributed by atoms with E-state index in [0.717, 1.165) is 42.8 Å². The minimum absolute atomic E-state index is 0. The van der Waals surface area contributed by atoms with Crippen LogP contribution < -0.4 is 15.4 Å². The molecule has 2 aromatic carbocycles. The van der Waals surface area contributed by atoms with E-state index in [9.17, 15) is 4.79 Å². The van der Waals surface area contributed by atoms with E-state index in [1.807, 2.05) is 54.6 Å². The highest BCUT2D eigenvalue weighted by Gasteiger charge is 2.16. The maximum atomic E-state index is 12.1. The molecule has 1 aliphatic heterocycles. The van der Waals surface area contributed by atoms with Crippen molar-refractivity contribution in [1.29, 1.82) is 0 Å². The molecule has 1 aliphatic rings. The molecule has 0 bridgehead atoms. The third-order valence-electron chi connectivity index (χ3n) is 3.99. The number of carbonyl (C=O) groups excluding carboxylic acids is 1. The maximum Gasteiger partial charge on any atom is 0.258 e. The number of piperidine rings is 1. The summed E-state index contributed by atoms with van der Waals surface area (Å²) in [6.07, 6.45) is 2.13. The minimum atomic E-state index is -0.0680. The molecule has 24 heavy (non-hydrogen) atoms. The molecule has 2 N–H and O–H groups in total. The zero-order valence-electron chi connectivity index (χ0n) is 13.5. The molecule has 0 radical (unpaired) electrons. The summed E-state index contributed by atoms with van der Waals surface area (Å²) in [6.45, 7) is 1.92. The summed E-state index contributed by atoms with van der Waals surface area (Å²) in [7, 11) is 0. The number of hydrogen-bond acceptors (Lipinski definition) is 3. The summed E-state index contributed by atoms with van der Waals surface area (Å²) < 4.78 is 5.76. The van der Waals surface area contributed by atoms with E-state index in [0.29, 0.717) is 0 Å². The number of ether oxygens (including phenoxy) is 1. The standard InChI is InChI=1S/C19H22N2O2.ClH/c22-19(21-16-9-6-12-20-13-16)14-23-18-11-5-4-10-17(18)15-7-2-1-3-8-15;/h1-5,7-8,10-11,16,20H,6,9,12-14H2,(H,21,22);1H/t16-;/m0./s1. The average Bonchev–Trinajstić information content (AvgIpc) is 2.62. The van der Waals surface area contributed by atoms with Crippen LogP contribution in [0.2, 0.25) is 0 Å². The van der Waals surface area contributed by atoms with Gasteiger partial charge in [-0.05, 0) is 31.0 Å². The van der Waals surface area contributed by atoms with Gasteiger partial charge in [0.15, 0.2) is 6.61 Å². The van der Waals surface area contributed by atoms with E-state index in [4.69, 9.17) is 4.74 Å². The highest BCUT2D eigenvalue weighted by molar-refractivity contribution is 5.85. The zero-order chi connectivity index (χ0) is 15.9. The third kappa shape index (κ3) is 4.98. The van der Waals surface area contributed by atoms with Gasteiger partial charge in [-0.1, -0.05) is 48.5 Å². The molecular weight excluding hydrogens is 324 g/mol. The Balaban J connectivity index is 0.00000208. The van der Waals surface area contributed by atoms with Crippen molar-refractivity contribution >= 4 is 18.3 Å². The van der Waals surface area contributed by atoms with Gasteiger partial charge in [0.05, 0.1) is 0 Å². The second-order valence-corrected chi connectivity index (χ2v) is 5.76. The largest absolute Gasteiger partial charge is 0.483 e. The summed E-state index contributed by atoms with van der Waals surface area (Å²) in [5.41, 5.74) is 2.08. The SMILES string of the molecule is Cl.O=C(COc1ccccc1-c1ccccc1)N[C@H]1CCCNC1. The number of carbonyl (C=O) groups is 1. The molecule has 0 unspecified atom stereocenters. The lowest BCUT2D eigenvalue weighted by molar-refractivity contribution is -0.123. The van der Waals surface area contributed by atoms with E-state index < -0.39 is 0 Å². The lowest BCUT2D eigenvalue weighted by Gasteiger charge is -2.23. The molecule has 1 atom stereocenters. The number of halogens is 1. The Morgan fingerprint density at radius 2 is 1.88 bits per heavy atom. The molecule has 1 heterocycles. The van der Waals surface area contributed by atoms with Gasteiger partial charge in [-0.25, -0.2) is 0 Å². The summed E-state index contributed by atoms with van der Waals surface area (Å²) >= 11 is 0. The predicted molar refractivity (Wildman–Crippen MR) is 98.7 cm³/mol. The van der Waals surface area contributed by atoms with E-state index in [2.05, 4.69) is 10.6 Å². The van der Waals surface area contributed by atoms with Crippen molar-refractivity contribution in [2.45, 2.75) is 18.9 Å². The van der Waals surface area contributed by atoms with Crippen LogP contribution in [0.4, 0.5) is 0 Å². The fourth-order valence-electron chi connectivity index (χ4n) is 2.84. The molecule has 0 aliphatic carbocycles. The van der Waals surface area contributed by atoms with Crippen LogP contribution in [0.3, 0.4) is 0 Å². The summed E-state index contributed by atoms with van der Waals surface area (Å²) in [6, 6.07) is 18.1. The van der Waals surface area contributed by atoms with Crippen LogP contribution in [0.5, 0.6) is 5.75 Å². The van der Waals surface area contributed by atoms with E-state index in [1.165, 1.54) is 0 Å². The molecule has 4 nitrogen and oxygen atoms in total. The van der Waals surface area contributed by atoms with Crippen molar-refractivity contribution in [3.05, 3.63) is 54.6 Å². The predicted octanol–water partition coefficient (Wildman–Crippen LogP) is 3.02. The van der Waals surface area contributed by atoms with Crippen LogP contribution in [0.25, 0.3) is 11.1 Å². The molecule has 0 aromatic heterocycles. The fraction of sp³-hybridized carbons (Fsp3) is 0.316. The topological polar surface area (TPSA) is 50.4 Å². The van der Waals surface area contributed by atoms with Crippen LogP contribution >= 0.6 is 12.4 Å². The van der Waals surface area contributed by atoms with Gasteiger partial charge in [0.2, 0.25) is 0 Å². The van der Waals surface area contributed by atoms with Gasteiger partial charge in [0, 0.05) is 18.2 Å². The highest BCUT2D eigenvalue weighted by Crippen LogP contribution is 2.29. The number of amides is 1. The van der Waals surface area contributed by atoms with Gasteiger partial charge < -0.3 is 15.4 Å². The van der Waals surface area contributed by atoms with Crippen LogP contribution in [-0.2, 0) is 4.79 Å². The van der Waals surface area contributed by atoms with E-state index in [1.54, 1.807) is 0 Å². The molecule has 5 heteroatoms. The molecule has 0 spiro atoms. The fourth-order valence-corrected chi connectivity index (χ4v) is 2.84. The second-order valence-electron chi connectivity index (χ2n) is 5.76. The molecule has 1 fully saturated rings. The number of para-hydroxylation sites is 1. The maximum absolute atomic E-state index is 12.1. The Kier molecular flexibility index (Phi) is 7.09. The molecule has 3 rings (SSSR count). The van der Waals surface area contributed by atoms with E-state index >= 15 is 0 Å². The molecule has 0 saturated carbocycles. The van der Waals surface area contributed by atoms with Crippen molar-refractivity contribution in [3.63, 3.8) is 0 Å². The third-order valence-corrected chi connectivity index (χ3v) is 3.99. The lowest BCUT2D eigenvalue weighted by atomic mass is 10.1. The minimum Gasteiger partial charge on any atom is -0.483 e. The number of hydrogen-bond donors (Lipinski definition) is 2.